The van der Waals surface area contributed by atoms with Crippen LogP contribution in [0, 0.1) is 0 Å². The molecule has 0 radical (unpaired) electrons. The highest BCUT2D eigenvalue weighted by Crippen LogP contribution is 2.30. The summed E-state index contributed by atoms with van der Waals surface area (Å²) in [5.74, 6) is -0.124. The van der Waals surface area contributed by atoms with Crippen LogP contribution in [0.4, 0.5) is 0 Å². The highest BCUT2D eigenvalue weighted by atomic mass is 32.1. The molecule has 1 aliphatic heterocycles. The van der Waals surface area contributed by atoms with Crippen LogP contribution in [-0.4, -0.2) is 34.7 Å². The Labute approximate surface area is 157 Å². The second-order valence-electron chi connectivity index (χ2n) is 6.62. The monoisotopic (exact) mass is 369 g/mol. The van der Waals surface area contributed by atoms with Crippen LogP contribution in [0.1, 0.15) is 36.7 Å². The van der Waals surface area contributed by atoms with E-state index in [0.717, 1.165) is 43.1 Å². The number of amides is 1. The summed E-state index contributed by atoms with van der Waals surface area (Å²) in [6, 6.07) is 10.5. The maximum Gasteiger partial charge on any atom is 0.270 e. The van der Waals surface area contributed by atoms with Gasteiger partial charge < -0.3 is 14.6 Å². The van der Waals surface area contributed by atoms with Gasteiger partial charge in [-0.3, -0.25) is 4.79 Å². The maximum atomic E-state index is 12.4. The number of benzene rings is 1. The largest absolute Gasteiger partial charge is 0.376 e. The van der Waals surface area contributed by atoms with Crippen LogP contribution >= 0.6 is 11.3 Å². The minimum absolute atomic E-state index is 0.124. The van der Waals surface area contributed by atoms with Gasteiger partial charge in [-0.2, -0.15) is 0 Å². The quantitative estimate of drug-likeness (QED) is 0.712. The number of nitrogens with one attached hydrogen (secondary N) is 1. The molecule has 1 amide bonds. The molecule has 4 rings (SSSR count). The summed E-state index contributed by atoms with van der Waals surface area (Å²) in [7, 11) is 0. The van der Waals surface area contributed by atoms with Gasteiger partial charge in [0.1, 0.15) is 10.7 Å². The molecular formula is C20H23N3O2S. The lowest BCUT2D eigenvalue weighted by atomic mass is 10.2. The Balaban J connectivity index is 1.56. The number of hydrogen-bond acceptors (Lipinski definition) is 4. The number of aryl methyl sites for hydroxylation is 1. The number of para-hydroxylation sites is 1. The predicted molar refractivity (Wildman–Crippen MR) is 105 cm³/mol. The minimum Gasteiger partial charge on any atom is -0.376 e. The first-order valence-corrected chi connectivity index (χ1v) is 10.1. The number of thiazole rings is 1. The van der Waals surface area contributed by atoms with E-state index >= 15 is 0 Å². The van der Waals surface area contributed by atoms with Gasteiger partial charge in [0.05, 0.1) is 11.8 Å². The van der Waals surface area contributed by atoms with Gasteiger partial charge in [-0.25, -0.2) is 4.98 Å². The normalized spacial score (nSPS) is 17.0. The van der Waals surface area contributed by atoms with Crippen LogP contribution in [0.25, 0.3) is 21.6 Å². The molecule has 1 atom stereocenters. The van der Waals surface area contributed by atoms with Gasteiger partial charge >= 0.3 is 0 Å². The van der Waals surface area contributed by atoms with Gasteiger partial charge in [-0.1, -0.05) is 25.1 Å². The van der Waals surface area contributed by atoms with Crippen molar-refractivity contribution in [1.29, 1.82) is 0 Å². The van der Waals surface area contributed by atoms with E-state index in [9.17, 15) is 4.79 Å². The fourth-order valence-electron chi connectivity index (χ4n) is 3.45. The van der Waals surface area contributed by atoms with E-state index in [2.05, 4.69) is 46.1 Å². The van der Waals surface area contributed by atoms with Crippen LogP contribution < -0.4 is 5.32 Å². The molecule has 1 N–H and O–H groups in total. The van der Waals surface area contributed by atoms with E-state index in [-0.39, 0.29) is 12.0 Å². The molecule has 0 aliphatic carbocycles. The molecule has 26 heavy (non-hydrogen) atoms. The summed E-state index contributed by atoms with van der Waals surface area (Å²) < 4.78 is 7.85. The third kappa shape index (κ3) is 3.39. The molecule has 0 bridgehead atoms. The lowest BCUT2D eigenvalue weighted by molar-refractivity contribution is 0.0854. The van der Waals surface area contributed by atoms with Gasteiger partial charge in [-0.15, -0.1) is 11.3 Å². The Bertz CT molecular complexity index is 909. The van der Waals surface area contributed by atoms with Crippen LogP contribution in [0.5, 0.6) is 0 Å². The molecule has 3 heterocycles. The molecule has 3 aromatic rings. The minimum atomic E-state index is -0.124. The number of nitrogens with zero attached hydrogens (tertiary/aromatic N) is 2. The molecule has 1 saturated heterocycles. The molecular weight excluding hydrogens is 346 g/mol. The Morgan fingerprint density at radius 3 is 3.12 bits per heavy atom. The Hall–Kier alpha value is -2.18. The highest BCUT2D eigenvalue weighted by Gasteiger charge is 2.19. The number of hydrogen-bond donors (Lipinski definition) is 1. The number of fused-ring (bicyclic) bond motifs is 1. The van der Waals surface area contributed by atoms with Crippen molar-refractivity contribution in [3.63, 3.8) is 0 Å². The van der Waals surface area contributed by atoms with Gasteiger partial charge in [0.15, 0.2) is 0 Å². The summed E-state index contributed by atoms with van der Waals surface area (Å²) >= 11 is 1.52. The van der Waals surface area contributed by atoms with E-state index < -0.39 is 0 Å². The van der Waals surface area contributed by atoms with Crippen LogP contribution in [-0.2, 0) is 11.3 Å². The summed E-state index contributed by atoms with van der Waals surface area (Å²) in [4.78, 5) is 17.0. The molecule has 136 valence electrons. The van der Waals surface area contributed by atoms with Crippen molar-refractivity contribution in [2.45, 2.75) is 38.8 Å². The second-order valence-corrected chi connectivity index (χ2v) is 7.48. The van der Waals surface area contributed by atoms with Crippen molar-refractivity contribution in [2.24, 2.45) is 0 Å². The Morgan fingerprint density at radius 1 is 1.42 bits per heavy atom. The van der Waals surface area contributed by atoms with E-state index in [1.54, 1.807) is 0 Å². The smallest absolute Gasteiger partial charge is 0.270 e. The lowest BCUT2D eigenvalue weighted by Crippen LogP contribution is -2.31. The number of ether oxygens (including phenoxy) is 1. The number of carbonyl (C=O) groups excluding carboxylic acids is 1. The molecule has 1 aliphatic rings. The number of rotatable bonds is 6. The average molecular weight is 369 g/mol. The zero-order chi connectivity index (χ0) is 17.9. The van der Waals surface area contributed by atoms with Crippen molar-refractivity contribution >= 4 is 28.1 Å². The molecule has 0 saturated carbocycles. The molecule has 6 heteroatoms. The summed E-state index contributed by atoms with van der Waals surface area (Å²) in [5, 5.41) is 6.88. The van der Waals surface area contributed by atoms with Crippen molar-refractivity contribution < 1.29 is 9.53 Å². The zero-order valence-electron chi connectivity index (χ0n) is 14.9. The summed E-state index contributed by atoms with van der Waals surface area (Å²) in [6.07, 6.45) is 3.28. The first-order valence-electron chi connectivity index (χ1n) is 9.20. The van der Waals surface area contributed by atoms with E-state index in [1.807, 2.05) is 11.4 Å². The van der Waals surface area contributed by atoms with E-state index in [1.165, 1.54) is 22.2 Å². The predicted octanol–water partition coefficient (Wildman–Crippen LogP) is 4.08. The molecule has 1 fully saturated rings. The van der Waals surface area contributed by atoms with Crippen LogP contribution in [0.15, 0.2) is 35.7 Å². The number of carbonyl (C=O) groups is 1. The van der Waals surface area contributed by atoms with Crippen molar-refractivity contribution in [1.82, 2.24) is 14.9 Å². The van der Waals surface area contributed by atoms with Crippen molar-refractivity contribution in [2.75, 3.05) is 13.2 Å². The van der Waals surface area contributed by atoms with E-state index in [0.29, 0.717) is 12.2 Å². The molecule has 1 aromatic carbocycles. The first kappa shape index (κ1) is 17.2. The fraction of sp³-hybridized carbons (Fsp3) is 0.400. The third-order valence-corrected chi connectivity index (χ3v) is 5.59. The zero-order valence-corrected chi connectivity index (χ0v) is 15.7. The standard InChI is InChI=1S/C20H23N3O2S/c1-2-9-23-17-8-4-3-6-14(17)11-18(23)20-22-16(13-26-20)19(24)21-12-15-7-5-10-25-15/h3-4,6,8,11,13,15H,2,5,7,9-10,12H2,1H3,(H,21,24). The van der Waals surface area contributed by atoms with Crippen molar-refractivity contribution in [3.8, 4) is 10.7 Å². The third-order valence-electron chi connectivity index (χ3n) is 4.73. The second kappa shape index (κ2) is 7.60. The van der Waals surface area contributed by atoms with Crippen LogP contribution in [0.3, 0.4) is 0 Å². The van der Waals surface area contributed by atoms with E-state index in [4.69, 9.17) is 4.74 Å². The molecule has 0 spiro atoms. The van der Waals surface area contributed by atoms with Crippen LogP contribution in [0.2, 0.25) is 0 Å². The van der Waals surface area contributed by atoms with Gasteiger partial charge in [0, 0.05) is 36.0 Å². The number of aromatic nitrogens is 2. The Kier molecular flexibility index (Phi) is 5.04. The van der Waals surface area contributed by atoms with Gasteiger partial charge in [0.25, 0.3) is 5.91 Å². The molecule has 2 aromatic heterocycles. The topological polar surface area (TPSA) is 56.2 Å². The van der Waals surface area contributed by atoms with Crippen molar-refractivity contribution in [3.05, 3.63) is 41.4 Å². The first-order chi connectivity index (χ1) is 12.8. The SMILES string of the molecule is CCCn1c(-c2nc(C(=O)NCC3CCCO3)cs2)cc2ccccc21. The Morgan fingerprint density at radius 2 is 2.31 bits per heavy atom. The highest BCUT2D eigenvalue weighted by molar-refractivity contribution is 7.13. The average Bonchev–Trinajstić information content (AvgIpc) is 3.40. The summed E-state index contributed by atoms with van der Waals surface area (Å²) in [6.45, 7) is 4.46. The maximum absolute atomic E-state index is 12.4. The molecule has 1 unspecified atom stereocenters. The summed E-state index contributed by atoms with van der Waals surface area (Å²) in [5.41, 5.74) is 2.77. The fourth-order valence-corrected chi connectivity index (χ4v) is 4.27. The van der Waals surface area contributed by atoms with Gasteiger partial charge in [0.2, 0.25) is 0 Å². The lowest BCUT2D eigenvalue weighted by Gasteiger charge is -2.09. The molecule has 5 nitrogen and oxygen atoms in total. The van der Waals surface area contributed by atoms with Gasteiger partial charge in [-0.05, 0) is 31.4 Å².